The number of aryl methyl sites for hydroxylation is 2. The van der Waals surface area contributed by atoms with Gasteiger partial charge in [-0.3, -0.25) is 5.84 Å². The summed E-state index contributed by atoms with van der Waals surface area (Å²) in [5.41, 5.74) is 7.66. The Bertz CT molecular complexity index is 599. The molecule has 4 heteroatoms. The molecule has 0 bridgehead atoms. The molecule has 0 heterocycles. The third-order valence-electron chi connectivity index (χ3n) is 3.30. The van der Waals surface area contributed by atoms with Crippen LogP contribution in [-0.4, -0.2) is 0 Å². The van der Waals surface area contributed by atoms with Crippen molar-refractivity contribution in [3.8, 4) is 0 Å². The van der Waals surface area contributed by atoms with Crippen LogP contribution in [0.2, 0.25) is 5.02 Å². The molecule has 100 valence electrons. The summed E-state index contributed by atoms with van der Waals surface area (Å²) in [5, 5.41) is 0.722. The fourth-order valence-corrected chi connectivity index (χ4v) is 2.87. The molecule has 0 aliphatic heterocycles. The lowest BCUT2D eigenvalue weighted by Crippen LogP contribution is -2.29. The fraction of sp³-hybridized carbons (Fsp3) is 0.200. The number of hydrogen-bond donors (Lipinski definition) is 2. The number of benzene rings is 2. The Balaban J connectivity index is 2.49. The van der Waals surface area contributed by atoms with Crippen molar-refractivity contribution in [3.63, 3.8) is 0 Å². The van der Waals surface area contributed by atoms with Crippen LogP contribution in [0.15, 0.2) is 36.4 Å². The Morgan fingerprint density at radius 3 is 2.47 bits per heavy atom. The first kappa shape index (κ1) is 14.8. The number of nitrogens with one attached hydrogen (secondary N) is 1. The zero-order valence-corrected chi connectivity index (χ0v) is 13.8. The minimum absolute atomic E-state index is 0.0510. The van der Waals surface area contributed by atoms with E-state index < -0.39 is 0 Å². The fourth-order valence-electron chi connectivity index (χ4n) is 2.05. The van der Waals surface area contributed by atoms with Crippen LogP contribution >= 0.6 is 34.2 Å². The topological polar surface area (TPSA) is 38.0 Å². The van der Waals surface area contributed by atoms with Crippen molar-refractivity contribution in [2.24, 2.45) is 5.84 Å². The molecule has 2 nitrogen and oxygen atoms in total. The number of hydrazine groups is 1. The molecule has 2 aromatic rings. The third kappa shape index (κ3) is 3.28. The predicted molar refractivity (Wildman–Crippen MR) is 89.3 cm³/mol. The van der Waals surface area contributed by atoms with Crippen LogP contribution in [0.25, 0.3) is 0 Å². The molecule has 19 heavy (non-hydrogen) atoms. The minimum Gasteiger partial charge on any atom is -0.271 e. The van der Waals surface area contributed by atoms with Gasteiger partial charge in [-0.05, 0) is 76.9 Å². The van der Waals surface area contributed by atoms with Gasteiger partial charge in [0.1, 0.15) is 0 Å². The zero-order valence-electron chi connectivity index (χ0n) is 10.9. The van der Waals surface area contributed by atoms with Gasteiger partial charge in [0.15, 0.2) is 0 Å². The lowest BCUT2D eigenvalue weighted by molar-refractivity contribution is 0.634. The highest BCUT2D eigenvalue weighted by molar-refractivity contribution is 14.1. The molecule has 0 spiro atoms. The third-order valence-corrected chi connectivity index (χ3v) is 4.52. The molecule has 0 aromatic heterocycles. The first-order valence-electron chi connectivity index (χ1n) is 6.01. The molecule has 0 amide bonds. The number of hydrogen-bond acceptors (Lipinski definition) is 2. The van der Waals surface area contributed by atoms with Crippen molar-refractivity contribution in [2.45, 2.75) is 19.9 Å². The van der Waals surface area contributed by atoms with Gasteiger partial charge in [-0.25, -0.2) is 5.43 Å². The molecule has 2 aromatic carbocycles. The van der Waals surface area contributed by atoms with E-state index in [0.29, 0.717) is 0 Å². The summed E-state index contributed by atoms with van der Waals surface area (Å²) in [6.45, 7) is 4.21. The maximum Gasteiger partial charge on any atom is 0.0720 e. The predicted octanol–water partition coefficient (Wildman–Crippen LogP) is 4.11. The van der Waals surface area contributed by atoms with E-state index in [4.69, 9.17) is 17.4 Å². The molecule has 0 saturated carbocycles. The molecule has 0 aliphatic rings. The van der Waals surface area contributed by atoms with Crippen molar-refractivity contribution in [2.75, 3.05) is 0 Å². The van der Waals surface area contributed by atoms with E-state index in [1.54, 1.807) is 0 Å². The monoisotopic (exact) mass is 386 g/mol. The normalized spacial score (nSPS) is 12.5. The molecule has 3 N–H and O–H groups in total. The quantitative estimate of drug-likeness (QED) is 0.473. The molecule has 1 atom stereocenters. The van der Waals surface area contributed by atoms with Crippen LogP contribution in [0.5, 0.6) is 0 Å². The van der Waals surface area contributed by atoms with E-state index in [1.807, 2.05) is 18.2 Å². The summed E-state index contributed by atoms with van der Waals surface area (Å²) in [6, 6.07) is 12.2. The van der Waals surface area contributed by atoms with Gasteiger partial charge in [0.25, 0.3) is 0 Å². The Labute approximate surface area is 132 Å². The molecule has 0 aliphatic carbocycles. The Morgan fingerprint density at radius 1 is 1.11 bits per heavy atom. The van der Waals surface area contributed by atoms with Crippen molar-refractivity contribution >= 4 is 34.2 Å². The molecule has 2 rings (SSSR count). The first-order valence-corrected chi connectivity index (χ1v) is 7.47. The summed E-state index contributed by atoms with van der Waals surface area (Å²) >= 11 is 8.39. The minimum atomic E-state index is -0.0510. The smallest absolute Gasteiger partial charge is 0.0720 e. The average molecular weight is 387 g/mol. The molecule has 0 saturated heterocycles. The Hall–Kier alpha value is -0.620. The number of halogens is 2. The second-order valence-corrected chi connectivity index (χ2v) is 6.21. The SMILES string of the molecule is Cc1ccc(C(NN)c2cc(Cl)ccc2I)cc1C. The van der Waals surface area contributed by atoms with Gasteiger partial charge in [0, 0.05) is 8.59 Å². The second-order valence-electron chi connectivity index (χ2n) is 4.61. The standard InChI is InChI=1S/C15H16ClIN2/c1-9-3-4-11(7-10(9)2)15(19-18)13-8-12(16)5-6-14(13)17/h3-8,15,19H,18H2,1-2H3. The summed E-state index contributed by atoms with van der Waals surface area (Å²) in [5.74, 6) is 5.75. The van der Waals surface area contributed by atoms with Gasteiger partial charge in [-0.1, -0.05) is 29.8 Å². The first-order chi connectivity index (χ1) is 9.02. The van der Waals surface area contributed by atoms with Crippen LogP contribution in [0, 0.1) is 17.4 Å². The summed E-state index contributed by atoms with van der Waals surface area (Å²) in [6.07, 6.45) is 0. The molecular weight excluding hydrogens is 371 g/mol. The molecule has 1 unspecified atom stereocenters. The summed E-state index contributed by atoms with van der Waals surface area (Å²) < 4.78 is 1.14. The van der Waals surface area contributed by atoms with Gasteiger partial charge < -0.3 is 0 Å². The largest absolute Gasteiger partial charge is 0.271 e. The van der Waals surface area contributed by atoms with E-state index in [9.17, 15) is 0 Å². The zero-order chi connectivity index (χ0) is 14.0. The summed E-state index contributed by atoms with van der Waals surface area (Å²) in [7, 11) is 0. The van der Waals surface area contributed by atoms with Crippen LogP contribution in [0.4, 0.5) is 0 Å². The Kier molecular flexibility index (Phi) is 4.84. The average Bonchev–Trinajstić information content (AvgIpc) is 2.38. The van der Waals surface area contributed by atoms with Crippen molar-refractivity contribution in [1.29, 1.82) is 0 Å². The molecule has 0 fully saturated rings. The maximum atomic E-state index is 6.09. The second kappa shape index (κ2) is 6.22. The van der Waals surface area contributed by atoms with Crippen molar-refractivity contribution in [3.05, 3.63) is 67.2 Å². The van der Waals surface area contributed by atoms with Crippen molar-refractivity contribution < 1.29 is 0 Å². The lowest BCUT2D eigenvalue weighted by Gasteiger charge is -2.19. The number of nitrogens with two attached hydrogens (primary N) is 1. The highest BCUT2D eigenvalue weighted by Crippen LogP contribution is 2.29. The van der Waals surface area contributed by atoms with E-state index in [0.717, 1.165) is 19.7 Å². The van der Waals surface area contributed by atoms with Gasteiger partial charge in [0.2, 0.25) is 0 Å². The molecular formula is C15H16ClIN2. The Morgan fingerprint density at radius 2 is 1.84 bits per heavy atom. The van der Waals surface area contributed by atoms with E-state index in [2.05, 4.69) is 60.1 Å². The van der Waals surface area contributed by atoms with Crippen molar-refractivity contribution in [1.82, 2.24) is 5.43 Å². The van der Waals surface area contributed by atoms with E-state index in [-0.39, 0.29) is 6.04 Å². The lowest BCUT2D eigenvalue weighted by atomic mass is 9.96. The van der Waals surface area contributed by atoms with Crippen LogP contribution in [0.1, 0.15) is 28.3 Å². The maximum absolute atomic E-state index is 6.09. The van der Waals surface area contributed by atoms with Gasteiger partial charge >= 0.3 is 0 Å². The van der Waals surface area contributed by atoms with Gasteiger partial charge in [-0.2, -0.15) is 0 Å². The van der Waals surface area contributed by atoms with Gasteiger partial charge in [-0.15, -0.1) is 0 Å². The highest BCUT2D eigenvalue weighted by atomic mass is 127. The van der Waals surface area contributed by atoms with E-state index >= 15 is 0 Å². The van der Waals surface area contributed by atoms with Crippen LogP contribution in [-0.2, 0) is 0 Å². The molecule has 0 radical (unpaired) electrons. The van der Waals surface area contributed by atoms with Crippen LogP contribution < -0.4 is 11.3 Å². The van der Waals surface area contributed by atoms with Crippen LogP contribution in [0.3, 0.4) is 0 Å². The van der Waals surface area contributed by atoms with Gasteiger partial charge in [0.05, 0.1) is 6.04 Å². The van der Waals surface area contributed by atoms with E-state index in [1.165, 1.54) is 11.1 Å². The summed E-state index contributed by atoms with van der Waals surface area (Å²) in [4.78, 5) is 0. The highest BCUT2D eigenvalue weighted by Gasteiger charge is 2.16. The number of rotatable bonds is 3.